The Morgan fingerprint density at radius 3 is 2.31 bits per heavy atom. The van der Waals surface area contributed by atoms with E-state index >= 15 is 0 Å². The molecule has 0 spiro atoms. The van der Waals surface area contributed by atoms with E-state index in [1.807, 2.05) is 42.3 Å². The van der Waals surface area contributed by atoms with Gasteiger partial charge in [0.25, 0.3) is 0 Å². The molecule has 0 N–H and O–H groups in total. The smallest absolute Gasteiger partial charge is 0.0680 e. The van der Waals surface area contributed by atoms with Crippen molar-refractivity contribution in [2.75, 3.05) is 24.5 Å². The zero-order valence-electron chi connectivity index (χ0n) is 16.0. The maximum Gasteiger partial charge on any atom is 0.0680 e. The molecule has 150 valence electrons. The van der Waals surface area contributed by atoms with Gasteiger partial charge in [-0.15, -0.1) is 0 Å². The second kappa shape index (κ2) is 9.20. The summed E-state index contributed by atoms with van der Waals surface area (Å²) in [6.45, 7) is 4.83. The van der Waals surface area contributed by atoms with Crippen LogP contribution in [0.15, 0.2) is 71.6 Å². The van der Waals surface area contributed by atoms with Gasteiger partial charge in [0.2, 0.25) is 0 Å². The summed E-state index contributed by atoms with van der Waals surface area (Å²) in [6.07, 6.45) is 0. The van der Waals surface area contributed by atoms with E-state index < -0.39 is 0 Å². The second-order valence-corrected chi connectivity index (χ2v) is 9.52. The first-order valence-electron chi connectivity index (χ1n) is 9.47. The summed E-state index contributed by atoms with van der Waals surface area (Å²) in [7, 11) is 0. The van der Waals surface area contributed by atoms with Gasteiger partial charge in [0.05, 0.1) is 16.8 Å². The monoisotopic (exact) mass is 462 g/mol. The minimum atomic E-state index is 0.163. The molecule has 1 atom stereocenters. The molecule has 1 saturated heterocycles. The largest absolute Gasteiger partial charge is 0.361 e. The minimum absolute atomic E-state index is 0.163. The summed E-state index contributed by atoms with van der Waals surface area (Å²) in [5, 5.41) is 2.07. The molecular weight excluding hydrogens is 443 g/mol. The number of piperazine rings is 1. The van der Waals surface area contributed by atoms with Gasteiger partial charge in [-0.2, -0.15) is 0 Å². The van der Waals surface area contributed by atoms with Crippen LogP contribution in [0.1, 0.15) is 17.2 Å². The van der Waals surface area contributed by atoms with E-state index in [4.69, 9.17) is 34.8 Å². The molecule has 3 aromatic carbocycles. The minimum Gasteiger partial charge on any atom is -0.361 e. The summed E-state index contributed by atoms with van der Waals surface area (Å²) < 4.78 is 2.43. The van der Waals surface area contributed by atoms with Crippen molar-refractivity contribution < 1.29 is 0 Å². The Balaban J connectivity index is 1.64. The highest BCUT2D eigenvalue weighted by Gasteiger charge is 2.30. The number of halogens is 3. The van der Waals surface area contributed by atoms with Crippen LogP contribution in [-0.4, -0.2) is 23.9 Å². The van der Waals surface area contributed by atoms with Crippen LogP contribution in [0.25, 0.3) is 0 Å². The molecular formula is C23H21Cl3N2S. The van der Waals surface area contributed by atoms with Crippen LogP contribution >= 0.6 is 46.8 Å². The van der Waals surface area contributed by atoms with Gasteiger partial charge < -0.3 is 4.90 Å². The Labute approximate surface area is 191 Å². The van der Waals surface area contributed by atoms with Crippen molar-refractivity contribution in [1.29, 1.82) is 0 Å². The highest BCUT2D eigenvalue weighted by Crippen LogP contribution is 2.39. The fourth-order valence-electron chi connectivity index (χ4n) is 3.61. The number of rotatable bonds is 4. The van der Waals surface area contributed by atoms with Crippen LogP contribution in [-0.2, 0) is 0 Å². The first-order chi connectivity index (χ1) is 14.0. The van der Waals surface area contributed by atoms with E-state index in [9.17, 15) is 0 Å². The van der Waals surface area contributed by atoms with E-state index in [1.54, 1.807) is 0 Å². The first kappa shape index (κ1) is 20.9. The van der Waals surface area contributed by atoms with E-state index in [0.29, 0.717) is 10.0 Å². The van der Waals surface area contributed by atoms with Crippen molar-refractivity contribution in [3.63, 3.8) is 0 Å². The molecule has 1 unspecified atom stereocenters. The normalized spacial score (nSPS) is 17.5. The fourth-order valence-corrected chi connectivity index (χ4v) is 5.27. The van der Waals surface area contributed by atoms with Crippen molar-refractivity contribution >= 4 is 52.4 Å². The number of hydrogen-bond acceptors (Lipinski definition) is 3. The van der Waals surface area contributed by atoms with E-state index in [1.165, 1.54) is 16.0 Å². The summed E-state index contributed by atoms with van der Waals surface area (Å²) in [4.78, 5) is 3.66. The van der Waals surface area contributed by atoms with Crippen LogP contribution in [0.4, 0.5) is 5.69 Å². The van der Waals surface area contributed by atoms with Crippen LogP contribution in [0.2, 0.25) is 15.1 Å². The highest BCUT2D eigenvalue weighted by molar-refractivity contribution is 7.97. The number of aryl methyl sites for hydroxylation is 1. The first-order valence-corrected chi connectivity index (χ1v) is 11.4. The Hall–Kier alpha value is -1.36. The second-order valence-electron chi connectivity index (χ2n) is 7.10. The molecule has 4 rings (SSSR count). The predicted molar refractivity (Wildman–Crippen MR) is 127 cm³/mol. The molecule has 1 aliphatic rings. The molecule has 0 saturated carbocycles. The Kier molecular flexibility index (Phi) is 6.63. The lowest BCUT2D eigenvalue weighted by Gasteiger charge is -2.43. The molecule has 3 aromatic rings. The van der Waals surface area contributed by atoms with Gasteiger partial charge in [-0.25, -0.2) is 4.31 Å². The van der Waals surface area contributed by atoms with E-state index in [2.05, 4.69) is 52.5 Å². The Bertz CT molecular complexity index is 994. The molecule has 2 nitrogen and oxygen atoms in total. The van der Waals surface area contributed by atoms with Crippen LogP contribution < -0.4 is 4.90 Å². The molecule has 29 heavy (non-hydrogen) atoms. The van der Waals surface area contributed by atoms with Gasteiger partial charge in [-0.3, -0.25) is 0 Å². The maximum atomic E-state index is 6.56. The number of anilines is 1. The number of nitrogens with zero attached hydrogens (tertiary/aromatic N) is 2. The molecule has 0 bridgehead atoms. The summed E-state index contributed by atoms with van der Waals surface area (Å²) in [5.41, 5.74) is 3.52. The topological polar surface area (TPSA) is 6.48 Å². The molecule has 1 heterocycles. The number of hydrogen-bond donors (Lipinski definition) is 0. The molecule has 0 aliphatic carbocycles. The molecule has 0 radical (unpaired) electrons. The van der Waals surface area contributed by atoms with E-state index in [0.717, 1.165) is 30.3 Å². The average molecular weight is 464 g/mol. The third-order valence-corrected chi connectivity index (χ3v) is 7.17. The molecule has 6 heteroatoms. The summed E-state index contributed by atoms with van der Waals surface area (Å²) >= 11 is 20.6. The van der Waals surface area contributed by atoms with Crippen LogP contribution in [0.5, 0.6) is 0 Å². The lowest BCUT2D eigenvalue weighted by Crippen LogP contribution is -2.46. The molecule has 1 aliphatic heterocycles. The molecule has 0 aromatic heterocycles. The summed E-state index contributed by atoms with van der Waals surface area (Å²) in [6, 6.07) is 22.5. The zero-order valence-corrected chi connectivity index (χ0v) is 19.1. The van der Waals surface area contributed by atoms with Crippen molar-refractivity contribution in [3.05, 3.63) is 92.9 Å². The molecule has 0 amide bonds. The fraction of sp³-hybridized carbons (Fsp3) is 0.217. The average Bonchev–Trinajstić information content (AvgIpc) is 2.71. The van der Waals surface area contributed by atoms with Crippen LogP contribution in [0.3, 0.4) is 0 Å². The maximum absolute atomic E-state index is 6.56. The molecule has 1 fully saturated rings. The quantitative estimate of drug-likeness (QED) is 0.369. The lowest BCUT2D eigenvalue weighted by molar-refractivity contribution is 0.365. The SMILES string of the molecule is Cc1ccccc1SN1CCN(c2ccc(Cl)cc2Cl)C(c2ccc(Cl)cc2)C1. The van der Waals surface area contributed by atoms with Crippen molar-refractivity contribution in [1.82, 2.24) is 4.31 Å². The van der Waals surface area contributed by atoms with Crippen LogP contribution in [0, 0.1) is 6.92 Å². The van der Waals surface area contributed by atoms with Gasteiger partial charge >= 0.3 is 0 Å². The van der Waals surface area contributed by atoms with Gasteiger partial charge in [0.1, 0.15) is 0 Å². The van der Waals surface area contributed by atoms with Gasteiger partial charge in [-0.1, -0.05) is 65.1 Å². The predicted octanol–water partition coefficient (Wildman–Crippen LogP) is 7.53. The van der Waals surface area contributed by atoms with E-state index in [-0.39, 0.29) is 6.04 Å². The number of benzene rings is 3. The van der Waals surface area contributed by atoms with Gasteiger partial charge in [0.15, 0.2) is 0 Å². The van der Waals surface area contributed by atoms with Crippen molar-refractivity contribution in [2.24, 2.45) is 0 Å². The van der Waals surface area contributed by atoms with Gasteiger partial charge in [0, 0.05) is 34.6 Å². The standard InChI is InChI=1S/C23H21Cl3N2S/c1-16-4-2-3-5-23(16)29-27-12-13-28(21-11-10-19(25)14-20(21)26)22(15-27)17-6-8-18(24)9-7-17/h2-11,14,22H,12-13,15H2,1H3. The van der Waals surface area contributed by atoms with Crippen molar-refractivity contribution in [3.8, 4) is 0 Å². The third kappa shape index (κ3) is 4.87. The lowest BCUT2D eigenvalue weighted by atomic mass is 10.0. The highest BCUT2D eigenvalue weighted by atomic mass is 35.5. The zero-order chi connectivity index (χ0) is 20.4. The summed E-state index contributed by atoms with van der Waals surface area (Å²) in [5.74, 6) is 0. The van der Waals surface area contributed by atoms with Gasteiger partial charge in [-0.05, 0) is 66.4 Å². The third-order valence-electron chi connectivity index (χ3n) is 5.14. The Morgan fingerprint density at radius 2 is 1.59 bits per heavy atom. The van der Waals surface area contributed by atoms with Crippen molar-refractivity contribution in [2.45, 2.75) is 17.9 Å². The Morgan fingerprint density at radius 1 is 0.862 bits per heavy atom.